The van der Waals surface area contributed by atoms with Crippen molar-refractivity contribution < 1.29 is 4.79 Å². The zero-order chi connectivity index (χ0) is 11.6. The molecule has 2 saturated carbocycles. The van der Waals surface area contributed by atoms with Crippen molar-refractivity contribution in [3.05, 3.63) is 0 Å². The van der Waals surface area contributed by atoms with Crippen LogP contribution in [0.3, 0.4) is 0 Å². The molecule has 0 spiro atoms. The summed E-state index contributed by atoms with van der Waals surface area (Å²) in [6.45, 7) is 0.678. The van der Waals surface area contributed by atoms with Crippen LogP contribution < -0.4 is 5.73 Å². The minimum Gasteiger partial charge on any atom is -0.343 e. The van der Waals surface area contributed by atoms with Crippen LogP contribution in [0, 0.1) is 5.41 Å². The summed E-state index contributed by atoms with van der Waals surface area (Å²) in [5.74, 6) is 0.315. The highest BCUT2D eigenvalue weighted by atomic mass is 16.2. The summed E-state index contributed by atoms with van der Waals surface area (Å²) in [6.07, 6.45) is 9.16. The van der Waals surface area contributed by atoms with Crippen LogP contribution in [0.2, 0.25) is 0 Å². The van der Waals surface area contributed by atoms with E-state index in [4.69, 9.17) is 5.73 Å². The van der Waals surface area contributed by atoms with E-state index in [0.29, 0.717) is 24.9 Å². The van der Waals surface area contributed by atoms with Gasteiger partial charge in [-0.25, -0.2) is 0 Å². The Morgan fingerprint density at radius 3 is 2.44 bits per heavy atom. The second-order valence-electron chi connectivity index (χ2n) is 5.68. The molecule has 3 nitrogen and oxygen atoms in total. The maximum atomic E-state index is 12.1. The predicted octanol–water partition coefficient (Wildman–Crippen LogP) is 1.91. The van der Waals surface area contributed by atoms with Crippen molar-refractivity contribution in [1.29, 1.82) is 0 Å². The second-order valence-corrected chi connectivity index (χ2v) is 5.68. The third-order valence-electron chi connectivity index (χ3n) is 4.36. The highest BCUT2D eigenvalue weighted by Crippen LogP contribution is 2.39. The molecule has 0 aromatic carbocycles. The molecule has 3 heteroatoms. The summed E-state index contributed by atoms with van der Waals surface area (Å²) < 4.78 is 0. The summed E-state index contributed by atoms with van der Waals surface area (Å²) in [5, 5.41) is 0. The SMILES string of the molecule is CN(C(=O)CC1(CN)CCCCC1)C1CC1. The Morgan fingerprint density at radius 2 is 1.94 bits per heavy atom. The average molecular weight is 224 g/mol. The maximum Gasteiger partial charge on any atom is 0.223 e. The van der Waals surface area contributed by atoms with Crippen molar-refractivity contribution in [2.24, 2.45) is 11.1 Å². The van der Waals surface area contributed by atoms with E-state index < -0.39 is 0 Å². The number of nitrogens with zero attached hydrogens (tertiary/aromatic N) is 1. The Kier molecular flexibility index (Phi) is 3.53. The summed E-state index contributed by atoms with van der Waals surface area (Å²) in [4.78, 5) is 14.1. The maximum absolute atomic E-state index is 12.1. The lowest BCUT2D eigenvalue weighted by Gasteiger charge is -2.36. The van der Waals surface area contributed by atoms with Crippen molar-refractivity contribution >= 4 is 5.91 Å². The smallest absolute Gasteiger partial charge is 0.223 e. The summed E-state index contributed by atoms with van der Waals surface area (Å²) in [6, 6.07) is 0.533. The minimum absolute atomic E-state index is 0.123. The Hall–Kier alpha value is -0.570. The third-order valence-corrected chi connectivity index (χ3v) is 4.36. The molecular weight excluding hydrogens is 200 g/mol. The summed E-state index contributed by atoms with van der Waals surface area (Å²) in [5.41, 5.74) is 6.03. The van der Waals surface area contributed by atoms with E-state index in [0.717, 1.165) is 12.8 Å². The number of nitrogens with two attached hydrogens (primary N) is 1. The zero-order valence-electron chi connectivity index (χ0n) is 10.4. The van der Waals surface area contributed by atoms with Crippen molar-refractivity contribution in [2.75, 3.05) is 13.6 Å². The molecule has 0 unspecified atom stereocenters. The van der Waals surface area contributed by atoms with Gasteiger partial charge in [0, 0.05) is 19.5 Å². The van der Waals surface area contributed by atoms with Crippen LogP contribution in [-0.2, 0) is 4.79 Å². The molecule has 0 aromatic rings. The lowest BCUT2D eigenvalue weighted by atomic mass is 9.71. The lowest BCUT2D eigenvalue weighted by molar-refractivity contribution is -0.133. The van der Waals surface area contributed by atoms with Crippen LogP contribution in [0.5, 0.6) is 0 Å². The van der Waals surface area contributed by atoms with E-state index >= 15 is 0 Å². The quantitative estimate of drug-likeness (QED) is 0.793. The standard InChI is InChI=1S/C13H24N2O/c1-15(11-5-6-11)12(16)9-13(10-14)7-3-2-4-8-13/h11H,2-10,14H2,1H3. The third kappa shape index (κ3) is 2.57. The largest absolute Gasteiger partial charge is 0.343 e. The van der Waals surface area contributed by atoms with E-state index in [1.54, 1.807) is 0 Å². The van der Waals surface area contributed by atoms with E-state index in [2.05, 4.69) is 0 Å². The molecule has 92 valence electrons. The van der Waals surface area contributed by atoms with Crippen LogP contribution in [0.4, 0.5) is 0 Å². The van der Waals surface area contributed by atoms with Crippen molar-refractivity contribution in [1.82, 2.24) is 4.90 Å². The topological polar surface area (TPSA) is 46.3 Å². The molecule has 0 saturated heterocycles. The van der Waals surface area contributed by atoms with Crippen LogP contribution >= 0.6 is 0 Å². The molecule has 2 fully saturated rings. The Bertz CT molecular complexity index is 255. The first-order valence-corrected chi connectivity index (χ1v) is 6.63. The average Bonchev–Trinajstić information content (AvgIpc) is 3.13. The van der Waals surface area contributed by atoms with Gasteiger partial charge in [0.2, 0.25) is 5.91 Å². The van der Waals surface area contributed by atoms with Crippen LogP contribution in [0.1, 0.15) is 51.4 Å². The van der Waals surface area contributed by atoms with Gasteiger partial charge in [-0.15, -0.1) is 0 Å². The number of carbonyl (C=O) groups excluding carboxylic acids is 1. The van der Waals surface area contributed by atoms with Gasteiger partial charge in [-0.2, -0.15) is 0 Å². The number of carbonyl (C=O) groups is 1. The molecule has 2 aliphatic carbocycles. The van der Waals surface area contributed by atoms with E-state index in [9.17, 15) is 4.79 Å². The van der Waals surface area contributed by atoms with Gasteiger partial charge in [0.1, 0.15) is 0 Å². The fraction of sp³-hybridized carbons (Fsp3) is 0.923. The molecular formula is C13H24N2O. The molecule has 0 heterocycles. The van der Waals surface area contributed by atoms with E-state index in [1.807, 2.05) is 11.9 Å². The lowest BCUT2D eigenvalue weighted by Crippen LogP contribution is -2.39. The molecule has 2 rings (SSSR count). The van der Waals surface area contributed by atoms with E-state index in [-0.39, 0.29) is 5.41 Å². The molecule has 2 aliphatic rings. The van der Waals surface area contributed by atoms with Crippen LogP contribution in [0.25, 0.3) is 0 Å². The molecule has 0 aliphatic heterocycles. The van der Waals surface area contributed by atoms with Gasteiger partial charge < -0.3 is 10.6 Å². The molecule has 16 heavy (non-hydrogen) atoms. The fourth-order valence-corrected chi connectivity index (χ4v) is 2.87. The van der Waals surface area contributed by atoms with Gasteiger partial charge in [-0.05, 0) is 37.6 Å². The van der Waals surface area contributed by atoms with Crippen molar-refractivity contribution in [2.45, 2.75) is 57.4 Å². The molecule has 0 bridgehead atoms. The van der Waals surface area contributed by atoms with Gasteiger partial charge in [-0.1, -0.05) is 19.3 Å². The Labute approximate surface area is 98.4 Å². The first-order valence-electron chi connectivity index (χ1n) is 6.63. The number of hydrogen-bond acceptors (Lipinski definition) is 2. The van der Waals surface area contributed by atoms with Gasteiger partial charge >= 0.3 is 0 Å². The molecule has 2 N–H and O–H groups in total. The fourth-order valence-electron chi connectivity index (χ4n) is 2.87. The Balaban J connectivity index is 1.91. The molecule has 0 aromatic heterocycles. The Morgan fingerprint density at radius 1 is 1.31 bits per heavy atom. The predicted molar refractivity (Wildman–Crippen MR) is 65.0 cm³/mol. The number of amides is 1. The van der Waals surface area contributed by atoms with Crippen LogP contribution in [-0.4, -0.2) is 30.4 Å². The summed E-state index contributed by atoms with van der Waals surface area (Å²) >= 11 is 0. The monoisotopic (exact) mass is 224 g/mol. The highest BCUT2D eigenvalue weighted by Gasteiger charge is 2.36. The van der Waals surface area contributed by atoms with Gasteiger partial charge in [0.05, 0.1) is 0 Å². The normalized spacial score (nSPS) is 24.1. The molecule has 0 atom stereocenters. The highest BCUT2D eigenvalue weighted by molar-refractivity contribution is 5.77. The molecule has 1 amide bonds. The minimum atomic E-state index is 0.123. The van der Waals surface area contributed by atoms with Gasteiger partial charge in [0.15, 0.2) is 0 Å². The second kappa shape index (κ2) is 4.74. The van der Waals surface area contributed by atoms with Gasteiger partial charge in [-0.3, -0.25) is 4.79 Å². The first kappa shape index (κ1) is 11.9. The first-order chi connectivity index (χ1) is 7.67. The zero-order valence-corrected chi connectivity index (χ0v) is 10.4. The van der Waals surface area contributed by atoms with Crippen molar-refractivity contribution in [3.8, 4) is 0 Å². The van der Waals surface area contributed by atoms with Gasteiger partial charge in [0.25, 0.3) is 0 Å². The molecule has 0 radical (unpaired) electrons. The van der Waals surface area contributed by atoms with E-state index in [1.165, 1.54) is 32.1 Å². The number of rotatable bonds is 4. The van der Waals surface area contributed by atoms with Crippen molar-refractivity contribution in [3.63, 3.8) is 0 Å². The van der Waals surface area contributed by atoms with Crippen LogP contribution in [0.15, 0.2) is 0 Å². The summed E-state index contributed by atoms with van der Waals surface area (Å²) in [7, 11) is 1.95. The number of hydrogen-bond donors (Lipinski definition) is 1.